The van der Waals surface area contributed by atoms with E-state index in [-0.39, 0.29) is 0 Å². The largest absolute Gasteiger partial charge is 0.310 e. The van der Waals surface area contributed by atoms with Gasteiger partial charge in [0.1, 0.15) is 0 Å². The van der Waals surface area contributed by atoms with Crippen molar-refractivity contribution in [2.75, 3.05) is 38.2 Å². The predicted molar refractivity (Wildman–Crippen MR) is 89.2 cm³/mol. The van der Waals surface area contributed by atoms with E-state index in [1.807, 2.05) is 11.8 Å². The van der Waals surface area contributed by atoms with E-state index in [4.69, 9.17) is 0 Å². The molecule has 0 spiro atoms. The van der Waals surface area contributed by atoms with Crippen LogP contribution in [0.1, 0.15) is 58.8 Å². The molecular formula is C16H34N2S. The monoisotopic (exact) mass is 286 g/mol. The summed E-state index contributed by atoms with van der Waals surface area (Å²) in [4.78, 5) is 2.71. The van der Waals surface area contributed by atoms with E-state index in [1.54, 1.807) is 0 Å². The van der Waals surface area contributed by atoms with Crippen LogP contribution in [0.4, 0.5) is 0 Å². The molecular weight excluding hydrogens is 252 g/mol. The first-order valence-electron chi connectivity index (χ1n) is 8.22. The Hall–Kier alpha value is 0.270. The molecule has 0 aromatic carbocycles. The molecule has 0 aromatic heterocycles. The van der Waals surface area contributed by atoms with E-state index < -0.39 is 0 Å². The van der Waals surface area contributed by atoms with Crippen LogP contribution in [0.2, 0.25) is 0 Å². The number of nitrogens with one attached hydrogen (secondary N) is 1. The van der Waals surface area contributed by atoms with Gasteiger partial charge in [-0.25, -0.2) is 0 Å². The van der Waals surface area contributed by atoms with E-state index in [2.05, 4.69) is 30.3 Å². The van der Waals surface area contributed by atoms with Crippen molar-refractivity contribution in [2.24, 2.45) is 0 Å². The Morgan fingerprint density at radius 2 is 1.84 bits per heavy atom. The normalized spacial score (nSPS) is 20.4. The average Bonchev–Trinajstić information content (AvgIpc) is 2.65. The number of hydrogen-bond donors (Lipinski definition) is 1. The summed E-state index contributed by atoms with van der Waals surface area (Å²) < 4.78 is 0. The molecule has 1 fully saturated rings. The van der Waals surface area contributed by atoms with Gasteiger partial charge in [-0.3, -0.25) is 0 Å². The van der Waals surface area contributed by atoms with Gasteiger partial charge in [0.05, 0.1) is 0 Å². The van der Waals surface area contributed by atoms with Gasteiger partial charge < -0.3 is 10.2 Å². The van der Waals surface area contributed by atoms with Crippen molar-refractivity contribution < 1.29 is 0 Å². The lowest BCUT2D eigenvalue weighted by atomic mass is 9.92. The zero-order valence-corrected chi connectivity index (χ0v) is 14.2. The fourth-order valence-electron chi connectivity index (χ4n) is 3.07. The maximum atomic E-state index is 3.80. The van der Waals surface area contributed by atoms with E-state index in [1.165, 1.54) is 76.9 Å². The molecule has 1 rings (SSSR count). The third-order valence-corrected chi connectivity index (χ3v) is 5.30. The first kappa shape index (κ1) is 17.3. The Morgan fingerprint density at radius 3 is 2.53 bits per heavy atom. The first-order valence-corrected chi connectivity index (χ1v) is 9.62. The van der Waals surface area contributed by atoms with Crippen LogP contribution in [0, 0.1) is 0 Å². The van der Waals surface area contributed by atoms with Crippen LogP contribution >= 0.6 is 11.8 Å². The minimum absolute atomic E-state index is 0.384. The van der Waals surface area contributed by atoms with Crippen LogP contribution in [-0.4, -0.2) is 48.6 Å². The number of rotatable bonds is 9. The molecule has 1 aliphatic heterocycles. The molecule has 19 heavy (non-hydrogen) atoms. The molecule has 0 aromatic rings. The van der Waals surface area contributed by atoms with Crippen molar-refractivity contribution in [1.29, 1.82) is 0 Å². The number of unbranched alkanes of at least 4 members (excludes halogenated alkanes) is 3. The summed E-state index contributed by atoms with van der Waals surface area (Å²) in [5, 5.41) is 3.80. The first-order chi connectivity index (χ1) is 9.26. The van der Waals surface area contributed by atoms with Gasteiger partial charge in [-0.2, -0.15) is 11.8 Å². The zero-order valence-electron chi connectivity index (χ0n) is 13.3. The quantitative estimate of drug-likeness (QED) is 0.650. The molecule has 0 unspecified atom stereocenters. The summed E-state index contributed by atoms with van der Waals surface area (Å²) in [6.07, 6.45) is 11.7. The fourth-order valence-corrected chi connectivity index (χ4v) is 3.56. The molecule has 0 aliphatic carbocycles. The highest BCUT2D eigenvalue weighted by Gasteiger charge is 2.29. The van der Waals surface area contributed by atoms with Crippen molar-refractivity contribution in [3.63, 3.8) is 0 Å². The van der Waals surface area contributed by atoms with Crippen LogP contribution in [0.15, 0.2) is 0 Å². The lowest BCUT2D eigenvalue weighted by Crippen LogP contribution is -2.50. The molecule has 0 saturated carbocycles. The van der Waals surface area contributed by atoms with Gasteiger partial charge >= 0.3 is 0 Å². The number of thioether (sulfide) groups is 1. The fraction of sp³-hybridized carbons (Fsp3) is 1.00. The SMILES string of the molecule is CCC1(CC)CN(CCCCCCSC)CCCN1. The molecule has 2 nitrogen and oxygen atoms in total. The Kier molecular flexibility index (Phi) is 9.17. The highest BCUT2D eigenvalue weighted by molar-refractivity contribution is 7.98. The Bertz CT molecular complexity index is 217. The minimum atomic E-state index is 0.384. The van der Waals surface area contributed by atoms with Gasteiger partial charge in [0.25, 0.3) is 0 Å². The third-order valence-electron chi connectivity index (χ3n) is 4.60. The molecule has 114 valence electrons. The van der Waals surface area contributed by atoms with Crippen LogP contribution in [0.25, 0.3) is 0 Å². The van der Waals surface area contributed by atoms with Crippen molar-refractivity contribution in [3.05, 3.63) is 0 Å². The van der Waals surface area contributed by atoms with Gasteiger partial charge in [-0.05, 0) is 63.7 Å². The lowest BCUT2D eigenvalue weighted by Gasteiger charge is -2.35. The maximum Gasteiger partial charge on any atom is 0.0303 e. The van der Waals surface area contributed by atoms with Crippen molar-refractivity contribution in [3.8, 4) is 0 Å². The van der Waals surface area contributed by atoms with Gasteiger partial charge in [-0.15, -0.1) is 0 Å². The molecule has 0 amide bonds. The van der Waals surface area contributed by atoms with Crippen LogP contribution in [0.3, 0.4) is 0 Å². The van der Waals surface area contributed by atoms with Gasteiger partial charge in [-0.1, -0.05) is 26.7 Å². The smallest absolute Gasteiger partial charge is 0.0303 e. The van der Waals surface area contributed by atoms with E-state index >= 15 is 0 Å². The second-order valence-electron chi connectivity index (χ2n) is 5.95. The molecule has 1 aliphatic rings. The van der Waals surface area contributed by atoms with Crippen molar-refractivity contribution >= 4 is 11.8 Å². The molecule has 1 saturated heterocycles. The highest BCUT2D eigenvalue weighted by Crippen LogP contribution is 2.20. The van der Waals surface area contributed by atoms with Gasteiger partial charge in [0, 0.05) is 12.1 Å². The Morgan fingerprint density at radius 1 is 1.11 bits per heavy atom. The molecule has 3 heteroatoms. The van der Waals surface area contributed by atoms with Crippen LogP contribution in [-0.2, 0) is 0 Å². The van der Waals surface area contributed by atoms with Crippen LogP contribution in [0.5, 0.6) is 0 Å². The van der Waals surface area contributed by atoms with Crippen molar-refractivity contribution in [1.82, 2.24) is 10.2 Å². The topological polar surface area (TPSA) is 15.3 Å². The zero-order chi connectivity index (χ0) is 14.0. The Balaban J connectivity index is 2.24. The van der Waals surface area contributed by atoms with E-state index in [9.17, 15) is 0 Å². The summed E-state index contributed by atoms with van der Waals surface area (Å²) in [5.74, 6) is 1.34. The highest BCUT2D eigenvalue weighted by atomic mass is 32.2. The van der Waals surface area contributed by atoms with E-state index in [0.29, 0.717) is 5.54 Å². The van der Waals surface area contributed by atoms with Crippen molar-refractivity contribution in [2.45, 2.75) is 64.3 Å². The molecule has 1 heterocycles. The molecule has 0 radical (unpaired) electrons. The standard InChI is InChI=1S/C16H34N2S/c1-4-16(5-2)15-18(13-10-11-17-16)12-8-6-7-9-14-19-3/h17H,4-15H2,1-3H3. The average molecular weight is 287 g/mol. The second-order valence-corrected chi connectivity index (χ2v) is 6.94. The lowest BCUT2D eigenvalue weighted by molar-refractivity contribution is 0.194. The molecule has 0 atom stereocenters. The number of nitrogens with zero attached hydrogens (tertiary/aromatic N) is 1. The van der Waals surface area contributed by atoms with Gasteiger partial charge in [0.2, 0.25) is 0 Å². The Labute approximate surface area is 125 Å². The minimum Gasteiger partial charge on any atom is -0.310 e. The predicted octanol–water partition coefficient (Wildman–Crippen LogP) is 3.76. The summed E-state index contributed by atoms with van der Waals surface area (Å²) >= 11 is 1.98. The number of hydrogen-bond acceptors (Lipinski definition) is 3. The van der Waals surface area contributed by atoms with E-state index in [0.717, 1.165) is 0 Å². The third kappa shape index (κ3) is 6.50. The summed E-state index contributed by atoms with van der Waals surface area (Å²) in [6.45, 7) is 9.73. The second kappa shape index (κ2) is 10.1. The van der Waals surface area contributed by atoms with Crippen LogP contribution < -0.4 is 5.32 Å². The molecule has 1 N–H and O–H groups in total. The summed E-state index contributed by atoms with van der Waals surface area (Å²) in [5.41, 5.74) is 0.384. The maximum absolute atomic E-state index is 3.80. The summed E-state index contributed by atoms with van der Waals surface area (Å²) in [6, 6.07) is 0. The van der Waals surface area contributed by atoms with Gasteiger partial charge in [0.15, 0.2) is 0 Å². The molecule has 0 bridgehead atoms. The summed E-state index contributed by atoms with van der Waals surface area (Å²) in [7, 11) is 0.